The van der Waals surface area contributed by atoms with Gasteiger partial charge in [0, 0.05) is 27.9 Å². The summed E-state index contributed by atoms with van der Waals surface area (Å²) in [6.45, 7) is 7.78. The first-order chi connectivity index (χ1) is 15.0. The van der Waals surface area contributed by atoms with Crippen LogP contribution in [0.4, 0.5) is 4.39 Å². The molecule has 0 bridgehead atoms. The minimum atomic E-state index is -0.639. The molecule has 2 aromatic rings. The molecule has 0 saturated carbocycles. The summed E-state index contributed by atoms with van der Waals surface area (Å²) in [6.07, 6.45) is 0.460. The Balaban J connectivity index is 2.19. The van der Waals surface area contributed by atoms with Crippen LogP contribution < -0.4 is 5.32 Å². The minimum absolute atomic E-state index is 0.168. The molecule has 2 amide bonds. The molecule has 8 heteroatoms. The van der Waals surface area contributed by atoms with Gasteiger partial charge in [-0.2, -0.15) is 0 Å². The van der Waals surface area contributed by atoms with Crippen LogP contribution in [0.3, 0.4) is 0 Å². The van der Waals surface area contributed by atoms with E-state index in [0.717, 1.165) is 11.1 Å². The zero-order chi connectivity index (χ0) is 23.9. The van der Waals surface area contributed by atoms with Crippen LogP contribution in [0.5, 0.6) is 0 Å². The van der Waals surface area contributed by atoms with Gasteiger partial charge in [-0.3, -0.25) is 9.59 Å². The van der Waals surface area contributed by atoms with E-state index >= 15 is 0 Å². The molecule has 0 heterocycles. The van der Waals surface area contributed by atoms with Crippen LogP contribution in [-0.2, 0) is 21.9 Å². The predicted octanol–water partition coefficient (Wildman–Crippen LogP) is 6.09. The van der Waals surface area contributed by atoms with Gasteiger partial charge in [-0.25, -0.2) is 4.39 Å². The summed E-state index contributed by atoms with van der Waals surface area (Å²) < 4.78 is 13.1. The number of rotatable bonds is 9. The number of hydrogen-bond donors (Lipinski definition) is 1. The summed E-state index contributed by atoms with van der Waals surface area (Å²) in [6, 6.07) is 10.7. The van der Waals surface area contributed by atoms with E-state index in [1.54, 1.807) is 35.2 Å². The van der Waals surface area contributed by atoms with Gasteiger partial charge in [-0.15, -0.1) is 11.8 Å². The maximum absolute atomic E-state index is 13.2. The van der Waals surface area contributed by atoms with Crippen LogP contribution in [0.2, 0.25) is 10.0 Å². The number of thioether (sulfide) groups is 1. The fourth-order valence-corrected chi connectivity index (χ4v) is 4.46. The summed E-state index contributed by atoms with van der Waals surface area (Å²) in [4.78, 5) is 27.8. The first kappa shape index (κ1) is 26.5. The molecule has 0 saturated heterocycles. The minimum Gasteiger partial charge on any atom is -0.350 e. The van der Waals surface area contributed by atoms with Crippen LogP contribution in [0.15, 0.2) is 42.5 Å². The second-order valence-corrected chi connectivity index (χ2v) is 10.4. The molecule has 0 aromatic heterocycles. The fraction of sp³-hybridized carbons (Fsp3) is 0.417. The van der Waals surface area contributed by atoms with E-state index in [0.29, 0.717) is 22.2 Å². The Hall–Kier alpha value is -1.76. The van der Waals surface area contributed by atoms with Gasteiger partial charge in [0.05, 0.1) is 5.75 Å². The molecule has 2 rings (SSSR count). The summed E-state index contributed by atoms with van der Waals surface area (Å²) in [5.74, 6) is 0.0755. The van der Waals surface area contributed by atoms with E-state index in [1.807, 2.05) is 27.7 Å². The highest BCUT2D eigenvalue weighted by Crippen LogP contribution is 2.25. The number of carbonyl (C=O) groups is 2. The van der Waals surface area contributed by atoms with Gasteiger partial charge < -0.3 is 10.2 Å². The first-order valence-corrected chi connectivity index (χ1v) is 12.3. The molecule has 1 atom stereocenters. The van der Waals surface area contributed by atoms with Crippen molar-refractivity contribution in [2.24, 2.45) is 0 Å². The lowest BCUT2D eigenvalue weighted by molar-refractivity contribution is -0.140. The topological polar surface area (TPSA) is 49.4 Å². The average Bonchev–Trinajstić information content (AvgIpc) is 2.69. The van der Waals surface area contributed by atoms with Crippen molar-refractivity contribution in [1.29, 1.82) is 0 Å². The van der Waals surface area contributed by atoms with Crippen LogP contribution in [0, 0.1) is 5.82 Å². The van der Waals surface area contributed by atoms with E-state index in [4.69, 9.17) is 23.2 Å². The molecule has 174 valence electrons. The number of hydrogen-bond acceptors (Lipinski definition) is 3. The lowest BCUT2D eigenvalue weighted by Crippen LogP contribution is -2.53. The smallest absolute Gasteiger partial charge is 0.243 e. The third-order valence-corrected chi connectivity index (χ3v) is 6.22. The number of carbonyl (C=O) groups excluding carboxylic acids is 2. The first-order valence-electron chi connectivity index (χ1n) is 10.4. The zero-order valence-corrected chi connectivity index (χ0v) is 21.1. The normalized spacial score (nSPS) is 12.3. The van der Waals surface area contributed by atoms with Crippen molar-refractivity contribution in [1.82, 2.24) is 10.2 Å². The van der Waals surface area contributed by atoms with Gasteiger partial charge in [-0.05, 0) is 62.6 Å². The highest BCUT2D eigenvalue weighted by Gasteiger charge is 2.30. The van der Waals surface area contributed by atoms with E-state index < -0.39 is 11.6 Å². The SMILES string of the molecule is CC[C@H](C(=O)NC(C)(C)C)N(Cc1ccc(Cl)cc1Cl)C(=O)CSCc1ccc(F)cc1. The van der Waals surface area contributed by atoms with E-state index in [2.05, 4.69) is 5.32 Å². The maximum Gasteiger partial charge on any atom is 0.243 e. The van der Waals surface area contributed by atoms with Gasteiger partial charge in [0.15, 0.2) is 0 Å². The van der Waals surface area contributed by atoms with E-state index in [9.17, 15) is 14.0 Å². The van der Waals surface area contributed by atoms with Crippen molar-refractivity contribution in [2.75, 3.05) is 5.75 Å². The quantitative estimate of drug-likeness (QED) is 0.455. The Bertz CT molecular complexity index is 933. The molecular weight excluding hydrogens is 470 g/mol. The summed E-state index contributed by atoms with van der Waals surface area (Å²) in [5, 5.41) is 3.92. The lowest BCUT2D eigenvalue weighted by atomic mass is 10.1. The molecule has 0 spiro atoms. The van der Waals surface area contributed by atoms with Crippen LogP contribution in [-0.4, -0.2) is 34.0 Å². The molecule has 0 aliphatic carbocycles. The summed E-state index contributed by atoms with van der Waals surface area (Å²) >= 11 is 13.8. The third-order valence-electron chi connectivity index (χ3n) is 4.65. The number of halogens is 3. The van der Waals surface area contributed by atoms with Crippen molar-refractivity contribution < 1.29 is 14.0 Å². The maximum atomic E-state index is 13.2. The molecule has 32 heavy (non-hydrogen) atoms. The van der Waals surface area contributed by atoms with Crippen LogP contribution in [0.25, 0.3) is 0 Å². The Morgan fingerprint density at radius 2 is 1.78 bits per heavy atom. The van der Waals surface area contributed by atoms with Crippen molar-refractivity contribution in [3.05, 3.63) is 69.5 Å². The molecule has 0 radical (unpaired) electrons. The molecule has 0 aliphatic heterocycles. The number of nitrogens with zero attached hydrogens (tertiary/aromatic N) is 1. The van der Waals surface area contributed by atoms with Crippen molar-refractivity contribution in [3.63, 3.8) is 0 Å². The van der Waals surface area contributed by atoms with Crippen LogP contribution in [0.1, 0.15) is 45.2 Å². The summed E-state index contributed by atoms with van der Waals surface area (Å²) in [7, 11) is 0. The Morgan fingerprint density at radius 1 is 1.12 bits per heavy atom. The molecular formula is C24H29Cl2FN2O2S. The van der Waals surface area contributed by atoms with E-state index in [1.165, 1.54) is 23.9 Å². The zero-order valence-electron chi connectivity index (χ0n) is 18.8. The van der Waals surface area contributed by atoms with E-state index in [-0.39, 0.29) is 29.9 Å². The molecule has 0 unspecified atom stereocenters. The lowest BCUT2D eigenvalue weighted by Gasteiger charge is -2.33. The van der Waals surface area contributed by atoms with Crippen molar-refractivity contribution >= 4 is 46.8 Å². The highest BCUT2D eigenvalue weighted by atomic mass is 35.5. The Morgan fingerprint density at radius 3 is 2.34 bits per heavy atom. The monoisotopic (exact) mass is 498 g/mol. The number of amides is 2. The predicted molar refractivity (Wildman–Crippen MR) is 132 cm³/mol. The van der Waals surface area contributed by atoms with Gasteiger partial charge in [-0.1, -0.05) is 48.3 Å². The molecule has 2 aromatic carbocycles. The molecule has 4 nitrogen and oxygen atoms in total. The summed E-state index contributed by atoms with van der Waals surface area (Å²) in [5.41, 5.74) is 1.22. The standard InChI is InChI=1S/C24H29Cl2FN2O2S/c1-5-21(23(31)28-24(2,3)4)29(13-17-8-9-18(25)12-20(17)26)22(30)15-32-14-16-6-10-19(27)11-7-16/h6-12,21H,5,13-15H2,1-4H3,(H,28,31)/t21-/m1/s1. The number of nitrogens with one attached hydrogen (secondary N) is 1. The van der Waals surface area contributed by atoms with Gasteiger partial charge in [0.1, 0.15) is 11.9 Å². The molecule has 1 N–H and O–H groups in total. The third kappa shape index (κ3) is 8.30. The molecule has 0 fully saturated rings. The van der Waals surface area contributed by atoms with Gasteiger partial charge in [0.2, 0.25) is 11.8 Å². The van der Waals surface area contributed by atoms with Crippen molar-refractivity contribution in [3.8, 4) is 0 Å². The molecule has 0 aliphatic rings. The van der Waals surface area contributed by atoms with Gasteiger partial charge in [0.25, 0.3) is 0 Å². The second kappa shape index (κ2) is 11.9. The Labute approximate surface area is 203 Å². The van der Waals surface area contributed by atoms with Gasteiger partial charge >= 0.3 is 0 Å². The second-order valence-electron chi connectivity index (χ2n) is 8.54. The number of benzene rings is 2. The largest absolute Gasteiger partial charge is 0.350 e. The Kier molecular flexibility index (Phi) is 9.86. The fourth-order valence-electron chi connectivity index (χ4n) is 3.13. The average molecular weight is 499 g/mol. The van der Waals surface area contributed by atoms with Crippen LogP contribution >= 0.6 is 35.0 Å². The highest BCUT2D eigenvalue weighted by molar-refractivity contribution is 7.99. The van der Waals surface area contributed by atoms with Crippen molar-refractivity contribution in [2.45, 2.75) is 58.0 Å².